The maximum absolute atomic E-state index is 13.2. The van der Waals surface area contributed by atoms with Gasteiger partial charge in [-0.3, -0.25) is 9.10 Å². The summed E-state index contributed by atoms with van der Waals surface area (Å²) in [4.78, 5) is 13.2. The third kappa shape index (κ3) is 5.68. The lowest BCUT2D eigenvalue weighted by Crippen LogP contribution is -2.44. The molecule has 0 unspecified atom stereocenters. The zero-order chi connectivity index (χ0) is 25.9. The molecule has 1 N–H and O–H groups in total. The molecule has 4 rings (SSSR count). The Morgan fingerprint density at radius 1 is 1.03 bits per heavy atom. The van der Waals surface area contributed by atoms with Crippen molar-refractivity contribution in [1.29, 1.82) is 0 Å². The van der Waals surface area contributed by atoms with Gasteiger partial charge in [0.1, 0.15) is 11.4 Å². The van der Waals surface area contributed by atoms with Gasteiger partial charge in [0.25, 0.3) is 5.91 Å². The molecule has 3 aromatic rings. The molecule has 1 aliphatic heterocycles. The highest BCUT2D eigenvalue weighted by Crippen LogP contribution is 2.42. The molecule has 0 spiro atoms. The third-order valence-corrected chi connectivity index (χ3v) is 8.24. The molecular formula is C28H31ClN2O4S. The molecular weight excluding hydrogens is 496 g/mol. The number of amides is 1. The number of benzene rings is 3. The van der Waals surface area contributed by atoms with Gasteiger partial charge in [-0.25, -0.2) is 8.42 Å². The number of ether oxygens (including phenoxy) is 1. The van der Waals surface area contributed by atoms with Crippen LogP contribution in [0.1, 0.15) is 60.6 Å². The normalized spacial score (nSPS) is 16.5. The first-order chi connectivity index (χ1) is 17.1. The van der Waals surface area contributed by atoms with E-state index in [1.54, 1.807) is 48.5 Å². The summed E-state index contributed by atoms with van der Waals surface area (Å²) in [6, 6.07) is 21.3. The van der Waals surface area contributed by atoms with Crippen LogP contribution in [0, 0.1) is 0 Å². The number of halogens is 1. The van der Waals surface area contributed by atoms with E-state index in [4.69, 9.17) is 16.3 Å². The maximum Gasteiger partial charge on any atom is 0.251 e. The van der Waals surface area contributed by atoms with Crippen LogP contribution >= 0.6 is 11.6 Å². The van der Waals surface area contributed by atoms with Crippen molar-refractivity contribution in [3.05, 3.63) is 94.5 Å². The third-order valence-electron chi connectivity index (χ3n) is 6.85. The first-order valence-electron chi connectivity index (χ1n) is 12.0. The molecule has 0 aromatic heterocycles. The summed E-state index contributed by atoms with van der Waals surface area (Å²) >= 11 is 5.96. The predicted octanol–water partition coefficient (Wildman–Crippen LogP) is 6.12. The number of hydrogen-bond donors (Lipinski definition) is 1. The van der Waals surface area contributed by atoms with Gasteiger partial charge in [0.05, 0.1) is 24.5 Å². The van der Waals surface area contributed by atoms with Gasteiger partial charge in [0.15, 0.2) is 0 Å². The van der Waals surface area contributed by atoms with Crippen LogP contribution in [0.15, 0.2) is 72.8 Å². The van der Waals surface area contributed by atoms with Crippen molar-refractivity contribution in [3.63, 3.8) is 0 Å². The quantitative estimate of drug-likeness (QED) is 0.383. The van der Waals surface area contributed by atoms with Gasteiger partial charge in [-0.05, 0) is 60.9 Å². The summed E-state index contributed by atoms with van der Waals surface area (Å²) < 4.78 is 32.7. The number of nitrogens with zero attached hydrogens (tertiary/aromatic N) is 1. The second kappa shape index (κ2) is 10.5. The predicted molar refractivity (Wildman–Crippen MR) is 144 cm³/mol. The largest absolute Gasteiger partial charge is 0.487 e. The fourth-order valence-electron chi connectivity index (χ4n) is 4.61. The Morgan fingerprint density at radius 2 is 1.67 bits per heavy atom. The van der Waals surface area contributed by atoms with E-state index in [1.165, 1.54) is 10.6 Å². The first-order valence-corrected chi connectivity index (χ1v) is 14.3. The minimum atomic E-state index is -3.55. The summed E-state index contributed by atoms with van der Waals surface area (Å²) in [5, 5.41) is 3.76. The van der Waals surface area contributed by atoms with Crippen LogP contribution in [0.5, 0.6) is 5.75 Å². The first kappa shape index (κ1) is 26.0. The lowest BCUT2D eigenvalue weighted by atomic mass is 9.83. The lowest BCUT2D eigenvalue weighted by molar-refractivity contribution is 0.0227. The Kier molecular flexibility index (Phi) is 7.62. The van der Waals surface area contributed by atoms with Gasteiger partial charge < -0.3 is 10.1 Å². The highest BCUT2D eigenvalue weighted by Gasteiger charge is 2.39. The average molecular weight is 527 g/mol. The van der Waals surface area contributed by atoms with Gasteiger partial charge in [-0.15, -0.1) is 0 Å². The standard InChI is InChI=1S/C28H31ClN2O4S/c1-4-28(5-2)18-25(24-8-6-7-9-26(24)35-28)30-27(32)21-12-16-23(17-13-21)31(36(3,33)34)19-20-10-14-22(29)15-11-20/h6-17,25H,4-5,18-19H2,1-3H3,(H,30,32)/t25-/m1/s1. The zero-order valence-corrected chi connectivity index (χ0v) is 22.3. The summed E-state index contributed by atoms with van der Waals surface area (Å²) in [5.41, 5.74) is 2.39. The van der Waals surface area contributed by atoms with Crippen molar-refractivity contribution in [1.82, 2.24) is 5.32 Å². The molecule has 3 aromatic carbocycles. The number of nitrogens with one attached hydrogen (secondary N) is 1. The fraction of sp³-hybridized carbons (Fsp3) is 0.321. The molecule has 1 amide bonds. The summed E-state index contributed by atoms with van der Waals surface area (Å²) in [7, 11) is -3.55. The number of hydrogen-bond acceptors (Lipinski definition) is 4. The van der Waals surface area contributed by atoms with Crippen molar-refractivity contribution >= 4 is 33.2 Å². The van der Waals surface area contributed by atoms with Crippen LogP contribution in [0.4, 0.5) is 5.69 Å². The van der Waals surface area contributed by atoms with E-state index in [0.29, 0.717) is 22.7 Å². The van der Waals surface area contributed by atoms with Crippen LogP contribution in [0.3, 0.4) is 0 Å². The second-order valence-electron chi connectivity index (χ2n) is 9.20. The topological polar surface area (TPSA) is 75.7 Å². The molecule has 1 atom stereocenters. The number of carbonyl (C=O) groups is 1. The average Bonchev–Trinajstić information content (AvgIpc) is 2.87. The molecule has 0 fully saturated rings. The Bertz CT molecular complexity index is 1320. The van der Waals surface area contributed by atoms with Gasteiger partial charge in [-0.1, -0.05) is 55.8 Å². The molecule has 36 heavy (non-hydrogen) atoms. The second-order valence-corrected chi connectivity index (χ2v) is 11.5. The van der Waals surface area contributed by atoms with Gasteiger partial charge in [0.2, 0.25) is 10.0 Å². The van der Waals surface area contributed by atoms with Crippen LogP contribution in [0.2, 0.25) is 5.02 Å². The van der Waals surface area contributed by atoms with Crippen LogP contribution in [0.25, 0.3) is 0 Å². The van der Waals surface area contributed by atoms with Crippen LogP contribution < -0.4 is 14.4 Å². The summed E-state index contributed by atoms with van der Waals surface area (Å²) in [6.45, 7) is 4.37. The smallest absolute Gasteiger partial charge is 0.251 e. The number of rotatable bonds is 8. The number of fused-ring (bicyclic) bond motifs is 1. The molecule has 0 bridgehead atoms. The van der Waals surface area contributed by atoms with E-state index in [2.05, 4.69) is 19.2 Å². The number of carbonyl (C=O) groups excluding carboxylic acids is 1. The Hall–Kier alpha value is -3.03. The van der Waals surface area contributed by atoms with E-state index in [9.17, 15) is 13.2 Å². The molecule has 1 heterocycles. The number of anilines is 1. The molecule has 6 nitrogen and oxygen atoms in total. The van der Waals surface area contributed by atoms with Gasteiger partial charge >= 0.3 is 0 Å². The number of sulfonamides is 1. The molecule has 0 saturated heterocycles. The minimum absolute atomic E-state index is 0.163. The molecule has 8 heteroatoms. The SMILES string of the molecule is CCC1(CC)C[C@@H](NC(=O)c2ccc(N(Cc3ccc(Cl)cc3)S(C)(=O)=O)cc2)c2ccccc2O1. The monoisotopic (exact) mass is 526 g/mol. The highest BCUT2D eigenvalue weighted by molar-refractivity contribution is 7.92. The lowest BCUT2D eigenvalue weighted by Gasteiger charge is -2.41. The Morgan fingerprint density at radius 3 is 2.28 bits per heavy atom. The van der Waals surface area contributed by atoms with E-state index in [0.717, 1.165) is 29.7 Å². The van der Waals surface area contributed by atoms with Gasteiger partial charge in [0, 0.05) is 22.6 Å². The van der Waals surface area contributed by atoms with Crippen LogP contribution in [-0.4, -0.2) is 26.2 Å². The van der Waals surface area contributed by atoms with Crippen molar-refractivity contribution in [2.24, 2.45) is 0 Å². The molecule has 0 radical (unpaired) electrons. The zero-order valence-electron chi connectivity index (χ0n) is 20.7. The summed E-state index contributed by atoms with van der Waals surface area (Å²) in [5.74, 6) is 0.590. The molecule has 1 aliphatic rings. The van der Waals surface area contributed by atoms with Crippen molar-refractivity contribution < 1.29 is 17.9 Å². The van der Waals surface area contributed by atoms with Crippen molar-refractivity contribution in [2.45, 2.75) is 51.3 Å². The van der Waals surface area contributed by atoms with E-state index in [1.807, 2.05) is 24.3 Å². The Labute approximate surface area is 218 Å². The molecule has 0 aliphatic carbocycles. The highest BCUT2D eigenvalue weighted by atomic mass is 35.5. The van der Waals surface area contributed by atoms with Crippen LogP contribution in [-0.2, 0) is 16.6 Å². The molecule has 0 saturated carbocycles. The Balaban J connectivity index is 1.54. The summed E-state index contributed by atoms with van der Waals surface area (Å²) in [6.07, 6.45) is 3.53. The maximum atomic E-state index is 13.2. The molecule has 190 valence electrons. The fourth-order valence-corrected chi connectivity index (χ4v) is 5.62. The van der Waals surface area contributed by atoms with E-state index >= 15 is 0 Å². The van der Waals surface area contributed by atoms with Crippen molar-refractivity contribution in [3.8, 4) is 5.75 Å². The van der Waals surface area contributed by atoms with Gasteiger partial charge in [-0.2, -0.15) is 0 Å². The van der Waals surface area contributed by atoms with E-state index < -0.39 is 10.0 Å². The van der Waals surface area contributed by atoms with Crippen molar-refractivity contribution in [2.75, 3.05) is 10.6 Å². The van der Waals surface area contributed by atoms with E-state index in [-0.39, 0.29) is 24.1 Å². The number of para-hydroxylation sites is 1. The minimum Gasteiger partial charge on any atom is -0.487 e.